The van der Waals surface area contributed by atoms with Gasteiger partial charge in [-0.05, 0) is 18.6 Å². The molecule has 0 unspecified atom stereocenters. The Labute approximate surface area is 64.7 Å². The SMILES string of the molecule is C/C=C\SC.CC.CC. The third-order valence-corrected chi connectivity index (χ3v) is 0.816. The topological polar surface area (TPSA) is 0 Å². The lowest BCUT2D eigenvalue weighted by molar-refractivity contribution is 1.50. The number of rotatable bonds is 1. The van der Waals surface area contributed by atoms with Crippen molar-refractivity contribution in [2.24, 2.45) is 0 Å². The lowest BCUT2D eigenvalue weighted by Crippen LogP contribution is -1.34. The zero-order valence-corrected chi connectivity index (χ0v) is 8.38. The normalized spacial score (nSPS) is 6.89. The molecule has 0 saturated heterocycles. The average Bonchev–Trinajstić information content (AvgIpc) is 1.98. The van der Waals surface area contributed by atoms with Crippen LogP contribution in [0.25, 0.3) is 0 Å². The molecular weight excluding hydrogens is 128 g/mol. The molecule has 0 amide bonds. The van der Waals surface area contributed by atoms with Crippen molar-refractivity contribution in [1.29, 1.82) is 0 Å². The van der Waals surface area contributed by atoms with Crippen LogP contribution >= 0.6 is 11.8 Å². The lowest BCUT2D eigenvalue weighted by atomic mass is 10.8. The summed E-state index contributed by atoms with van der Waals surface area (Å²) in [4.78, 5) is 0. The molecule has 9 heavy (non-hydrogen) atoms. The number of hydrogen-bond acceptors (Lipinski definition) is 1. The van der Waals surface area contributed by atoms with Crippen LogP contribution in [0.15, 0.2) is 11.5 Å². The van der Waals surface area contributed by atoms with Gasteiger partial charge < -0.3 is 0 Å². The van der Waals surface area contributed by atoms with Crippen LogP contribution in [0.5, 0.6) is 0 Å². The van der Waals surface area contributed by atoms with Crippen LogP contribution in [-0.2, 0) is 0 Å². The van der Waals surface area contributed by atoms with E-state index in [1.807, 2.05) is 52.4 Å². The Morgan fingerprint density at radius 3 is 1.33 bits per heavy atom. The fourth-order valence-electron chi connectivity index (χ4n) is 0.136. The highest BCUT2D eigenvalue weighted by Gasteiger charge is 1.51. The van der Waals surface area contributed by atoms with Gasteiger partial charge in [-0.1, -0.05) is 33.8 Å². The summed E-state index contributed by atoms with van der Waals surface area (Å²) in [6.45, 7) is 10.0. The van der Waals surface area contributed by atoms with E-state index in [1.165, 1.54) is 0 Å². The standard InChI is InChI=1S/C4H8S.2C2H6/c1-3-4-5-2;2*1-2/h3-4H,1-2H3;2*1-2H3/b4-3-;;. The summed E-state index contributed by atoms with van der Waals surface area (Å²) in [5.74, 6) is 0. The Kier molecular flexibility index (Phi) is 75.9. The molecule has 0 fully saturated rings. The maximum absolute atomic E-state index is 2.04. The number of hydrogen-bond donors (Lipinski definition) is 0. The minimum Gasteiger partial charge on any atom is -0.138 e. The molecule has 0 atom stereocenters. The average molecular weight is 148 g/mol. The van der Waals surface area contributed by atoms with Gasteiger partial charge in [0.25, 0.3) is 0 Å². The summed E-state index contributed by atoms with van der Waals surface area (Å²) < 4.78 is 0. The van der Waals surface area contributed by atoms with E-state index in [0.29, 0.717) is 0 Å². The minimum absolute atomic E-state index is 1.72. The molecule has 0 aliphatic rings. The highest BCUT2D eigenvalue weighted by molar-refractivity contribution is 8.01. The van der Waals surface area contributed by atoms with E-state index < -0.39 is 0 Å². The molecule has 0 aliphatic heterocycles. The Bertz CT molecular complexity index is 31.5. The first-order valence-corrected chi connectivity index (χ1v) is 4.84. The van der Waals surface area contributed by atoms with Crippen LogP contribution in [-0.4, -0.2) is 6.26 Å². The van der Waals surface area contributed by atoms with E-state index in [9.17, 15) is 0 Å². The van der Waals surface area contributed by atoms with E-state index in [4.69, 9.17) is 0 Å². The van der Waals surface area contributed by atoms with Crippen molar-refractivity contribution < 1.29 is 0 Å². The predicted molar refractivity (Wildman–Crippen MR) is 51.0 cm³/mol. The van der Waals surface area contributed by atoms with Gasteiger partial charge in [0.05, 0.1) is 0 Å². The molecular formula is C8H20S. The Balaban J connectivity index is -0.0000000771. The van der Waals surface area contributed by atoms with Crippen molar-refractivity contribution in [2.45, 2.75) is 34.6 Å². The Hall–Kier alpha value is 0.0900. The first kappa shape index (κ1) is 16.0. The van der Waals surface area contributed by atoms with Crippen LogP contribution < -0.4 is 0 Å². The lowest BCUT2D eigenvalue weighted by Gasteiger charge is -1.66. The molecule has 0 rings (SSSR count). The summed E-state index contributed by atoms with van der Waals surface area (Å²) >= 11 is 1.72. The molecule has 0 N–H and O–H groups in total. The van der Waals surface area contributed by atoms with Crippen molar-refractivity contribution in [2.75, 3.05) is 6.26 Å². The molecule has 0 bridgehead atoms. The fraction of sp³-hybridized carbons (Fsp3) is 0.750. The molecule has 58 valence electrons. The van der Waals surface area contributed by atoms with E-state index in [0.717, 1.165) is 0 Å². The third kappa shape index (κ3) is 68.7. The molecule has 0 nitrogen and oxygen atoms in total. The molecule has 0 aromatic carbocycles. The molecule has 0 aliphatic carbocycles. The van der Waals surface area contributed by atoms with Gasteiger partial charge in [-0.2, -0.15) is 0 Å². The first-order chi connectivity index (χ1) is 4.41. The van der Waals surface area contributed by atoms with Crippen molar-refractivity contribution in [1.82, 2.24) is 0 Å². The van der Waals surface area contributed by atoms with Crippen LogP contribution in [0, 0.1) is 0 Å². The van der Waals surface area contributed by atoms with E-state index >= 15 is 0 Å². The summed E-state index contributed by atoms with van der Waals surface area (Å²) in [7, 11) is 0. The molecule has 1 heteroatoms. The molecule has 0 aromatic heterocycles. The largest absolute Gasteiger partial charge is 0.138 e. The maximum Gasteiger partial charge on any atom is -0.0142 e. The first-order valence-electron chi connectivity index (χ1n) is 3.55. The van der Waals surface area contributed by atoms with Gasteiger partial charge in [0.15, 0.2) is 0 Å². The molecule has 0 radical (unpaired) electrons. The van der Waals surface area contributed by atoms with Crippen LogP contribution in [0.3, 0.4) is 0 Å². The summed E-state index contributed by atoms with van der Waals surface area (Å²) in [5, 5.41) is 2.04. The monoisotopic (exact) mass is 148 g/mol. The van der Waals surface area contributed by atoms with Crippen molar-refractivity contribution >= 4 is 11.8 Å². The number of thioether (sulfide) groups is 1. The molecule has 0 saturated carbocycles. The summed E-state index contributed by atoms with van der Waals surface area (Å²) in [5.41, 5.74) is 0. The van der Waals surface area contributed by atoms with Crippen LogP contribution in [0.1, 0.15) is 34.6 Å². The van der Waals surface area contributed by atoms with Gasteiger partial charge >= 0.3 is 0 Å². The smallest absolute Gasteiger partial charge is 0.0142 e. The predicted octanol–water partition coefficient (Wildman–Crippen LogP) is 3.94. The van der Waals surface area contributed by atoms with Gasteiger partial charge in [0.1, 0.15) is 0 Å². The van der Waals surface area contributed by atoms with Gasteiger partial charge in [0.2, 0.25) is 0 Å². The zero-order valence-electron chi connectivity index (χ0n) is 7.56. The van der Waals surface area contributed by atoms with Gasteiger partial charge in [-0.25, -0.2) is 0 Å². The van der Waals surface area contributed by atoms with Gasteiger partial charge in [-0.3, -0.25) is 0 Å². The number of allylic oxidation sites excluding steroid dienone is 1. The Morgan fingerprint density at radius 2 is 1.33 bits per heavy atom. The van der Waals surface area contributed by atoms with Crippen molar-refractivity contribution in [3.05, 3.63) is 11.5 Å². The minimum atomic E-state index is 1.72. The molecule has 0 heterocycles. The van der Waals surface area contributed by atoms with Crippen molar-refractivity contribution in [3.8, 4) is 0 Å². The zero-order chi connectivity index (χ0) is 8.12. The maximum atomic E-state index is 2.04. The van der Waals surface area contributed by atoms with Crippen molar-refractivity contribution in [3.63, 3.8) is 0 Å². The van der Waals surface area contributed by atoms with E-state index in [1.54, 1.807) is 11.8 Å². The Morgan fingerprint density at radius 1 is 1.00 bits per heavy atom. The highest BCUT2D eigenvalue weighted by atomic mass is 32.2. The van der Waals surface area contributed by atoms with E-state index in [2.05, 4.69) is 0 Å². The fourth-order valence-corrected chi connectivity index (χ4v) is 0.408. The van der Waals surface area contributed by atoms with Crippen LogP contribution in [0.4, 0.5) is 0 Å². The summed E-state index contributed by atoms with van der Waals surface area (Å²) in [6.07, 6.45) is 4.06. The highest BCUT2D eigenvalue weighted by Crippen LogP contribution is 1.89. The second-order valence-corrected chi connectivity index (χ2v) is 1.45. The molecule has 0 spiro atoms. The van der Waals surface area contributed by atoms with Gasteiger partial charge in [-0.15, -0.1) is 11.8 Å². The van der Waals surface area contributed by atoms with E-state index in [-0.39, 0.29) is 0 Å². The second-order valence-electron chi connectivity index (χ2n) is 0.705. The third-order valence-electron chi connectivity index (χ3n) is 0.272. The molecule has 0 aromatic rings. The van der Waals surface area contributed by atoms with Gasteiger partial charge in [0, 0.05) is 0 Å². The quantitative estimate of drug-likeness (QED) is 0.543. The second kappa shape index (κ2) is 42.6. The van der Waals surface area contributed by atoms with Crippen LogP contribution in [0.2, 0.25) is 0 Å². The summed E-state index contributed by atoms with van der Waals surface area (Å²) in [6, 6.07) is 0.